The first-order valence-corrected chi connectivity index (χ1v) is 8.26. The molecule has 3 aromatic carbocycles. The summed E-state index contributed by atoms with van der Waals surface area (Å²) in [5.74, 6) is 0.220. The van der Waals surface area contributed by atoms with E-state index in [1.54, 1.807) is 36.5 Å². The average Bonchev–Trinajstić information content (AvgIpc) is 2.62. The molecule has 3 aromatic rings. The minimum absolute atomic E-state index is 0.128. The third kappa shape index (κ3) is 4.68. The van der Waals surface area contributed by atoms with Crippen LogP contribution in [0.25, 0.3) is 0 Å². The van der Waals surface area contributed by atoms with Crippen LogP contribution in [-0.2, 0) is 6.61 Å². The van der Waals surface area contributed by atoms with Gasteiger partial charge in [-0.05, 0) is 48.9 Å². The van der Waals surface area contributed by atoms with Crippen molar-refractivity contribution >= 4 is 23.5 Å². The van der Waals surface area contributed by atoms with Gasteiger partial charge in [0, 0.05) is 11.8 Å². The van der Waals surface area contributed by atoms with Gasteiger partial charge in [-0.2, -0.15) is 0 Å². The summed E-state index contributed by atoms with van der Waals surface area (Å²) < 4.78 is 19.2. The molecule has 0 heterocycles. The van der Waals surface area contributed by atoms with Gasteiger partial charge in [-0.25, -0.2) is 4.39 Å². The topological polar surface area (TPSA) is 21.6 Å². The van der Waals surface area contributed by atoms with Gasteiger partial charge in [-0.15, -0.1) is 0 Å². The first kappa shape index (κ1) is 17.2. The minimum Gasteiger partial charge on any atom is -0.487 e. The Balaban J connectivity index is 1.68. The number of halogens is 2. The summed E-state index contributed by atoms with van der Waals surface area (Å²) in [6, 6.07) is 19.9. The van der Waals surface area contributed by atoms with E-state index >= 15 is 0 Å². The van der Waals surface area contributed by atoms with Crippen molar-refractivity contribution in [2.45, 2.75) is 13.5 Å². The summed E-state index contributed by atoms with van der Waals surface area (Å²) in [5.41, 5.74) is 3.42. The molecule has 3 rings (SSSR count). The molecular weight excluding hydrogens is 337 g/mol. The second-order valence-corrected chi connectivity index (χ2v) is 6.07. The van der Waals surface area contributed by atoms with Crippen molar-refractivity contribution in [3.8, 4) is 5.75 Å². The van der Waals surface area contributed by atoms with E-state index in [4.69, 9.17) is 16.3 Å². The second kappa shape index (κ2) is 7.95. The van der Waals surface area contributed by atoms with E-state index in [1.807, 2.05) is 37.3 Å². The summed E-state index contributed by atoms with van der Waals surface area (Å²) in [5, 5.41) is 0.462. The molecular formula is C21H17ClFNO. The van der Waals surface area contributed by atoms with Gasteiger partial charge >= 0.3 is 0 Å². The molecule has 0 aliphatic heterocycles. The Bertz CT molecular complexity index is 891. The zero-order valence-corrected chi connectivity index (χ0v) is 14.5. The van der Waals surface area contributed by atoms with Crippen LogP contribution in [0.3, 0.4) is 0 Å². The zero-order valence-electron chi connectivity index (χ0n) is 13.7. The van der Waals surface area contributed by atoms with Crippen molar-refractivity contribution in [2.24, 2.45) is 4.99 Å². The SMILES string of the molecule is Cc1ccc(N=Cc2ccc(OCc3ccccc3F)c(Cl)c2)cc1. The molecule has 0 radical (unpaired) electrons. The molecule has 0 fully saturated rings. The fourth-order valence-electron chi connectivity index (χ4n) is 2.27. The summed E-state index contributed by atoms with van der Waals surface area (Å²) in [6.45, 7) is 2.16. The first-order valence-electron chi connectivity index (χ1n) is 7.88. The Labute approximate surface area is 151 Å². The predicted molar refractivity (Wildman–Crippen MR) is 101 cm³/mol. The van der Waals surface area contributed by atoms with Crippen LogP contribution in [-0.4, -0.2) is 6.21 Å². The van der Waals surface area contributed by atoms with E-state index in [9.17, 15) is 4.39 Å². The largest absolute Gasteiger partial charge is 0.487 e. The average molecular weight is 354 g/mol. The van der Waals surface area contributed by atoms with Crippen molar-refractivity contribution < 1.29 is 9.13 Å². The number of rotatable bonds is 5. The lowest BCUT2D eigenvalue weighted by Crippen LogP contribution is -1.99. The molecule has 0 unspecified atom stereocenters. The third-order valence-electron chi connectivity index (χ3n) is 3.69. The van der Waals surface area contributed by atoms with Gasteiger partial charge in [0.1, 0.15) is 18.2 Å². The number of benzene rings is 3. The van der Waals surface area contributed by atoms with E-state index < -0.39 is 0 Å². The van der Waals surface area contributed by atoms with Gasteiger partial charge in [0.25, 0.3) is 0 Å². The van der Waals surface area contributed by atoms with Gasteiger partial charge in [-0.3, -0.25) is 4.99 Å². The number of ether oxygens (including phenoxy) is 1. The smallest absolute Gasteiger partial charge is 0.138 e. The Morgan fingerprint density at radius 2 is 1.80 bits per heavy atom. The van der Waals surface area contributed by atoms with E-state index in [0.717, 1.165) is 11.3 Å². The lowest BCUT2D eigenvalue weighted by Gasteiger charge is -2.09. The van der Waals surface area contributed by atoms with Gasteiger partial charge in [0.05, 0.1) is 10.7 Å². The minimum atomic E-state index is -0.291. The molecule has 4 heteroatoms. The Morgan fingerprint density at radius 3 is 2.52 bits per heavy atom. The summed E-state index contributed by atoms with van der Waals surface area (Å²) in [7, 11) is 0. The van der Waals surface area contributed by atoms with Crippen LogP contribution in [0.4, 0.5) is 10.1 Å². The van der Waals surface area contributed by atoms with Crippen LogP contribution in [0.1, 0.15) is 16.7 Å². The predicted octanol–water partition coefficient (Wildman–Crippen LogP) is 6.12. The molecule has 126 valence electrons. The normalized spacial score (nSPS) is 11.0. The van der Waals surface area contributed by atoms with Crippen LogP contribution in [0, 0.1) is 12.7 Å². The van der Waals surface area contributed by atoms with Crippen molar-refractivity contribution in [3.63, 3.8) is 0 Å². The highest BCUT2D eigenvalue weighted by Gasteiger charge is 2.05. The maximum absolute atomic E-state index is 13.6. The Morgan fingerprint density at radius 1 is 1.04 bits per heavy atom. The summed E-state index contributed by atoms with van der Waals surface area (Å²) in [4.78, 5) is 4.42. The lowest BCUT2D eigenvalue weighted by molar-refractivity contribution is 0.300. The lowest BCUT2D eigenvalue weighted by atomic mass is 10.2. The van der Waals surface area contributed by atoms with Gasteiger partial charge in [0.2, 0.25) is 0 Å². The van der Waals surface area contributed by atoms with Crippen molar-refractivity contribution in [3.05, 3.63) is 94.3 Å². The highest BCUT2D eigenvalue weighted by molar-refractivity contribution is 6.32. The molecule has 0 amide bonds. The fraction of sp³-hybridized carbons (Fsp3) is 0.0952. The molecule has 0 atom stereocenters. The molecule has 0 saturated carbocycles. The number of aryl methyl sites for hydroxylation is 1. The standard InChI is InChI=1S/C21H17ClFNO/c1-15-6-9-18(10-7-15)24-13-16-8-11-21(19(22)12-16)25-14-17-4-2-3-5-20(17)23/h2-13H,14H2,1H3. The Hall–Kier alpha value is -2.65. The molecule has 0 saturated heterocycles. The number of nitrogens with zero attached hydrogens (tertiary/aromatic N) is 1. The number of hydrogen-bond acceptors (Lipinski definition) is 2. The van der Waals surface area contributed by atoms with E-state index in [2.05, 4.69) is 4.99 Å². The summed E-state index contributed by atoms with van der Waals surface area (Å²) in [6.07, 6.45) is 1.75. The highest BCUT2D eigenvalue weighted by Crippen LogP contribution is 2.26. The van der Waals surface area contributed by atoms with E-state index in [1.165, 1.54) is 11.6 Å². The monoisotopic (exact) mass is 353 g/mol. The fourth-order valence-corrected chi connectivity index (χ4v) is 2.51. The van der Waals surface area contributed by atoms with Crippen molar-refractivity contribution in [1.82, 2.24) is 0 Å². The molecule has 2 nitrogen and oxygen atoms in total. The van der Waals surface area contributed by atoms with E-state index in [-0.39, 0.29) is 12.4 Å². The van der Waals surface area contributed by atoms with Crippen LogP contribution in [0.2, 0.25) is 5.02 Å². The summed E-state index contributed by atoms with van der Waals surface area (Å²) >= 11 is 6.26. The third-order valence-corrected chi connectivity index (χ3v) is 3.99. The molecule has 0 aliphatic carbocycles. The van der Waals surface area contributed by atoms with Crippen LogP contribution in [0.5, 0.6) is 5.75 Å². The molecule has 0 spiro atoms. The molecule has 25 heavy (non-hydrogen) atoms. The first-order chi connectivity index (χ1) is 12.1. The second-order valence-electron chi connectivity index (χ2n) is 5.66. The molecule has 0 N–H and O–H groups in total. The van der Waals surface area contributed by atoms with Crippen LogP contribution in [0.15, 0.2) is 71.7 Å². The van der Waals surface area contributed by atoms with Crippen molar-refractivity contribution in [1.29, 1.82) is 0 Å². The van der Waals surface area contributed by atoms with Gasteiger partial charge < -0.3 is 4.74 Å². The maximum Gasteiger partial charge on any atom is 0.138 e. The molecule has 0 aliphatic rings. The van der Waals surface area contributed by atoms with E-state index in [0.29, 0.717) is 16.3 Å². The van der Waals surface area contributed by atoms with Crippen LogP contribution < -0.4 is 4.74 Å². The number of aliphatic imine (C=N–C) groups is 1. The Kier molecular flexibility index (Phi) is 5.46. The van der Waals surface area contributed by atoms with Gasteiger partial charge in [0.15, 0.2) is 0 Å². The van der Waals surface area contributed by atoms with Gasteiger partial charge in [-0.1, -0.05) is 47.5 Å². The van der Waals surface area contributed by atoms with Crippen molar-refractivity contribution in [2.75, 3.05) is 0 Å². The van der Waals surface area contributed by atoms with Crippen LogP contribution >= 0.6 is 11.6 Å². The molecule has 0 aromatic heterocycles. The molecule has 0 bridgehead atoms. The highest BCUT2D eigenvalue weighted by atomic mass is 35.5. The zero-order chi connectivity index (χ0) is 17.6. The quantitative estimate of drug-likeness (QED) is 0.506. The number of hydrogen-bond donors (Lipinski definition) is 0. The maximum atomic E-state index is 13.6.